The summed E-state index contributed by atoms with van der Waals surface area (Å²) in [6, 6.07) is 0. The van der Waals surface area contributed by atoms with Crippen LogP contribution in [0.2, 0.25) is 0 Å². The van der Waals surface area contributed by atoms with E-state index in [-0.39, 0.29) is 0 Å². The van der Waals surface area contributed by atoms with Gasteiger partial charge < -0.3 is 0 Å². The minimum Gasteiger partial charge on any atom is -0.299 e. The molecule has 0 unspecified atom stereocenters. The highest BCUT2D eigenvalue weighted by molar-refractivity contribution is 5.83. The zero-order valence-electron chi connectivity index (χ0n) is 6.75. The summed E-state index contributed by atoms with van der Waals surface area (Å²) in [6.45, 7) is 0. The molecule has 0 aromatic rings. The maximum atomic E-state index is 11.5. The van der Waals surface area contributed by atoms with E-state index in [4.69, 9.17) is 0 Å². The van der Waals surface area contributed by atoms with Crippen LogP contribution in [0.5, 0.6) is 0 Å². The minimum absolute atomic E-state index is 0.513. The van der Waals surface area contributed by atoms with Crippen molar-refractivity contribution in [2.75, 3.05) is 0 Å². The fourth-order valence-electron chi connectivity index (χ4n) is 3.69. The topological polar surface area (TPSA) is 17.1 Å². The Hall–Kier alpha value is -0.330. The van der Waals surface area contributed by atoms with Gasteiger partial charge in [-0.3, -0.25) is 4.79 Å². The Morgan fingerprint density at radius 3 is 2.73 bits per heavy atom. The maximum Gasteiger partial charge on any atom is 0.136 e. The van der Waals surface area contributed by atoms with Gasteiger partial charge in [0.25, 0.3) is 0 Å². The molecular formula is C10H14O. The van der Waals surface area contributed by atoms with Gasteiger partial charge in [-0.1, -0.05) is 0 Å². The van der Waals surface area contributed by atoms with Crippen LogP contribution in [0.3, 0.4) is 0 Å². The van der Waals surface area contributed by atoms with Crippen molar-refractivity contribution in [3.63, 3.8) is 0 Å². The molecule has 11 heavy (non-hydrogen) atoms. The third-order valence-corrected chi connectivity index (χ3v) is 4.00. The summed E-state index contributed by atoms with van der Waals surface area (Å²) in [7, 11) is 0. The quantitative estimate of drug-likeness (QED) is 0.516. The monoisotopic (exact) mass is 150 g/mol. The van der Waals surface area contributed by atoms with Crippen LogP contribution >= 0.6 is 0 Å². The normalized spacial score (nSPS) is 53.6. The van der Waals surface area contributed by atoms with Crippen LogP contribution in [-0.4, -0.2) is 5.78 Å². The van der Waals surface area contributed by atoms with E-state index in [1.807, 2.05) is 0 Å². The van der Waals surface area contributed by atoms with Gasteiger partial charge in [-0.2, -0.15) is 0 Å². The lowest BCUT2D eigenvalue weighted by atomic mass is 9.72. The minimum atomic E-state index is 0.513. The fraction of sp³-hybridized carbons (Fsp3) is 0.900. The fourth-order valence-corrected chi connectivity index (χ4v) is 3.69. The summed E-state index contributed by atoms with van der Waals surface area (Å²) in [5, 5.41) is 0. The second-order valence-corrected chi connectivity index (χ2v) is 4.71. The molecule has 0 spiro atoms. The van der Waals surface area contributed by atoms with Gasteiger partial charge in [0.15, 0.2) is 0 Å². The number of fused-ring (bicyclic) bond motifs is 2. The van der Waals surface area contributed by atoms with Crippen LogP contribution in [-0.2, 0) is 4.79 Å². The van der Waals surface area contributed by atoms with Crippen molar-refractivity contribution in [1.82, 2.24) is 0 Å². The second kappa shape index (κ2) is 1.88. The Balaban J connectivity index is 2.00. The molecule has 0 radical (unpaired) electrons. The van der Waals surface area contributed by atoms with Crippen LogP contribution in [0.1, 0.15) is 32.1 Å². The molecule has 0 aromatic carbocycles. The molecule has 0 heterocycles. The average molecular weight is 150 g/mol. The average Bonchev–Trinajstić information content (AvgIpc) is 2.19. The second-order valence-electron chi connectivity index (χ2n) is 4.71. The van der Waals surface area contributed by atoms with Gasteiger partial charge in [0, 0.05) is 12.3 Å². The molecule has 1 heteroatoms. The summed E-state index contributed by atoms with van der Waals surface area (Å²) < 4.78 is 0. The zero-order chi connectivity index (χ0) is 7.42. The standard InChI is InChI=1S/C10H14O/c11-10-5-7-1-6-2-8(3-7)9(10)4-6/h6-9H,1-5H2/t6-,7-,8-,9-/m1/s1. The first-order chi connectivity index (χ1) is 5.33. The van der Waals surface area contributed by atoms with E-state index in [2.05, 4.69) is 0 Å². The maximum absolute atomic E-state index is 11.5. The lowest BCUT2D eigenvalue weighted by Crippen LogP contribution is -2.30. The van der Waals surface area contributed by atoms with Gasteiger partial charge in [-0.15, -0.1) is 0 Å². The van der Waals surface area contributed by atoms with E-state index in [0.29, 0.717) is 11.7 Å². The number of hydrogen-bond donors (Lipinski definition) is 0. The summed E-state index contributed by atoms with van der Waals surface area (Å²) in [5.74, 6) is 3.67. The van der Waals surface area contributed by atoms with Crippen LogP contribution in [0.4, 0.5) is 0 Å². The first kappa shape index (κ1) is 6.22. The van der Waals surface area contributed by atoms with Crippen molar-refractivity contribution in [1.29, 1.82) is 0 Å². The van der Waals surface area contributed by atoms with Crippen LogP contribution in [0, 0.1) is 23.7 Å². The van der Waals surface area contributed by atoms with Gasteiger partial charge in [0.2, 0.25) is 0 Å². The highest BCUT2D eigenvalue weighted by Gasteiger charge is 2.48. The molecule has 0 aromatic heterocycles. The number of rotatable bonds is 0. The van der Waals surface area contributed by atoms with Gasteiger partial charge in [0.05, 0.1) is 0 Å². The third kappa shape index (κ3) is 0.743. The van der Waals surface area contributed by atoms with Crippen molar-refractivity contribution in [2.24, 2.45) is 23.7 Å². The molecule has 0 saturated heterocycles. The van der Waals surface area contributed by atoms with E-state index < -0.39 is 0 Å². The van der Waals surface area contributed by atoms with Crippen molar-refractivity contribution < 1.29 is 4.79 Å². The van der Waals surface area contributed by atoms with Crippen molar-refractivity contribution in [3.05, 3.63) is 0 Å². The number of hydrogen-bond acceptors (Lipinski definition) is 1. The van der Waals surface area contributed by atoms with Gasteiger partial charge in [-0.25, -0.2) is 0 Å². The molecule has 0 N–H and O–H groups in total. The van der Waals surface area contributed by atoms with Crippen molar-refractivity contribution >= 4 is 5.78 Å². The summed E-state index contributed by atoms with van der Waals surface area (Å²) in [4.78, 5) is 11.5. The molecule has 3 fully saturated rings. The van der Waals surface area contributed by atoms with E-state index in [1.165, 1.54) is 25.7 Å². The largest absolute Gasteiger partial charge is 0.299 e. The molecule has 0 aliphatic heterocycles. The summed E-state index contributed by atoms with van der Waals surface area (Å²) >= 11 is 0. The lowest BCUT2D eigenvalue weighted by Gasteiger charge is -2.32. The predicted octanol–water partition coefficient (Wildman–Crippen LogP) is 2.01. The lowest BCUT2D eigenvalue weighted by molar-refractivity contribution is -0.127. The van der Waals surface area contributed by atoms with E-state index in [1.54, 1.807) is 0 Å². The van der Waals surface area contributed by atoms with Crippen LogP contribution in [0.15, 0.2) is 0 Å². The Morgan fingerprint density at radius 2 is 1.82 bits per heavy atom. The SMILES string of the molecule is O=C1C[C@@H]2C[C@@H]3C[C@H](C2)[C@H]1C3. The van der Waals surface area contributed by atoms with Crippen molar-refractivity contribution in [2.45, 2.75) is 32.1 Å². The first-order valence-corrected chi connectivity index (χ1v) is 4.85. The molecule has 3 rings (SSSR count). The molecule has 3 saturated carbocycles. The Morgan fingerprint density at radius 1 is 1.00 bits per heavy atom. The van der Waals surface area contributed by atoms with E-state index in [0.717, 1.165) is 24.2 Å². The highest BCUT2D eigenvalue weighted by atomic mass is 16.1. The summed E-state index contributed by atoms with van der Waals surface area (Å²) in [5.41, 5.74) is 0. The smallest absolute Gasteiger partial charge is 0.136 e. The molecule has 3 aliphatic carbocycles. The van der Waals surface area contributed by atoms with Gasteiger partial charge >= 0.3 is 0 Å². The predicted molar refractivity (Wildman–Crippen MR) is 42.1 cm³/mol. The van der Waals surface area contributed by atoms with E-state index >= 15 is 0 Å². The molecule has 0 amide bonds. The number of Topliss-reactive ketones (excluding diaryl/α,β-unsaturated/α-hetero) is 1. The molecule has 60 valence electrons. The first-order valence-electron chi connectivity index (χ1n) is 4.85. The van der Waals surface area contributed by atoms with Crippen LogP contribution in [0.25, 0.3) is 0 Å². The number of carbonyl (C=O) groups excluding carboxylic acids is 1. The van der Waals surface area contributed by atoms with Gasteiger partial charge in [-0.05, 0) is 43.4 Å². The Kier molecular flexibility index (Phi) is 1.06. The molecular weight excluding hydrogens is 136 g/mol. The Bertz CT molecular complexity index is 207. The molecule has 1 nitrogen and oxygen atoms in total. The molecule has 3 bridgehead atoms. The van der Waals surface area contributed by atoms with Gasteiger partial charge in [0.1, 0.15) is 5.78 Å². The van der Waals surface area contributed by atoms with E-state index in [9.17, 15) is 4.79 Å². The number of ketones is 1. The summed E-state index contributed by atoms with van der Waals surface area (Å²) in [6.07, 6.45) is 6.32. The third-order valence-electron chi connectivity index (χ3n) is 4.00. The Labute approximate surface area is 67.2 Å². The zero-order valence-corrected chi connectivity index (χ0v) is 6.75. The van der Waals surface area contributed by atoms with Crippen molar-refractivity contribution in [3.8, 4) is 0 Å². The molecule has 3 aliphatic rings. The van der Waals surface area contributed by atoms with Crippen LogP contribution < -0.4 is 0 Å². The molecule has 4 atom stereocenters. The number of carbonyl (C=O) groups is 1. The highest BCUT2D eigenvalue weighted by Crippen LogP contribution is 2.53.